The summed E-state index contributed by atoms with van der Waals surface area (Å²) in [5.41, 5.74) is 0. The Labute approximate surface area is 142 Å². The molecule has 0 saturated carbocycles. The van der Waals surface area contributed by atoms with Crippen molar-refractivity contribution in [1.29, 1.82) is 0 Å². The molecule has 0 spiro atoms. The third kappa shape index (κ3) is 5.63. The number of rotatable bonds is 7. The summed E-state index contributed by atoms with van der Waals surface area (Å²) in [5.74, 6) is -4.83. The highest BCUT2D eigenvalue weighted by atomic mass is 19.4. The smallest absolute Gasteiger partial charge is 0.393 e. The molecule has 1 aliphatic heterocycles. The minimum Gasteiger partial charge on any atom is -0.492 e. The fourth-order valence-corrected chi connectivity index (χ4v) is 2.73. The highest BCUT2D eigenvalue weighted by Crippen LogP contribution is 2.37. The van der Waals surface area contributed by atoms with Gasteiger partial charge in [0.05, 0.1) is 24.9 Å². The van der Waals surface area contributed by atoms with Gasteiger partial charge in [-0.2, -0.15) is 13.2 Å². The number of hydrogen-bond acceptors (Lipinski definition) is 4. The van der Waals surface area contributed by atoms with Crippen LogP contribution in [0.15, 0.2) is 30.3 Å². The van der Waals surface area contributed by atoms with Gasteiger partial charge in [0.15, 0.2) is 0 Å². The van der Waals surface area contributed by atoms with Crippen molar-refractivity contribution >= 4 is 11.9 Å². The summed E-state index contributed by atoms with van der Waals surface area (Å²) >= 11 is 0. The molecule has 1 heterocycles. The van der Waals surface area contributed by atoms with E-state index in [2.05, 4.69) is 5.32 Å². The number of carbonyl (C=O) groups is 2. The number of likely N-dealkylation sites (tertiary alicyclic amines) is 1. The molecule has 2 N–H and O–H groups in total. The van der Waals surface area contributed by atoms with E-state index in [1.165, 1.54) is 4.90 Å². The summed E-state index contributed by atoms with van der Waals surface area (Å²) in [5, 5.41) is 11.5. The van der Waals surface area contributed by atoms with E-state index >= 15 is 0 Å². The Morgan fingerprint density at radius 1 is 1.24 bits per heavy atom. The van der Waals surface area contributed by atoms with Crippen molar-refractivity contribution < 1.29 is 32.6 Å². The summed E-state index contributed by atoms with van der Waals surface area (Å²) in [7, 11) is 0. The molecule has 0 aliphatic carbocycles. The Hall–Kier alpha value is -2.29. The minimum absolute atomic E-state index is 0.201. The second-order valence-electron chi connectivity index (χ2n) is 5.80. The van der Waals surface area contributed by atoms with Gasteiger partial charge in [-0.3, -0.25) is 14.5 Å². The molecule has 1 aromatic carbocycles. The molecule has 0 bridgehead atoms. The molecule has 6 nitrogen and oxygen atoms in total. The number of amides is 1. The Balaban J connectivity index is 1.74. The third-order valence-electron chi connectivity index (χ3n) is 3.94. The number of nitrogens with one attached hydrogen (secondary N) is 1. The molecule has 1 saturated heterocycles. The average Bonchev–Trinajstić information content (AvgIpc) is 2.97. The molecule has 0 aromatic heterocycles. The van der Waals surface area contributed by atoms with Crippen molar-refractivity contribution in [1.82, 2.24) is 10.2 Å². The first-order chi connectivity index (χ1) is 11.8. The normalized spacial score (nSPS) is 21.1. The predicted molar refractivity (Wildman–Crippen MR) is 82.1 cm³/mol. The van der Waals surface area contributed by atoms with E-state index in [0.29, 0.717) is 5.75 Å². The van der Waals surface area contributed by atoms with E-state index in [0.717, 1.165) is 0 Å². The van der Waals surface area contributed by atoms with Gasteiger partial charge >= 0.3 is 12.1 Å². The van der Waals surface area contributed by atoms with Crippen LogP contribution in [0.5, 0.6) is 5.75 Å². The lowest BCUT2D eigenvalue weighted by Crippen LogP contribution is -2.38. The fraction of sp³-hybridized carbons (Fsp3) is 0.500. The van der Waals surface area contributed by atoms with Gasteiger partial charge in [0.1, 0.15) is 12.4 Å². The third-order valence-corrected chi connectivity index (χ3v) is 3.94. The van der Waals surface area contributed by atoms with Crippen LogP contribution in [0.1, 0.15) is 0 Å². The largest absolute Gasteiger partial charge is 0.492 e. The number of para-hydroxylation sites is 1. The number of aliphatic carboxylic acids is 1. The van der Waals surface area contributed by atoms with E-state index < -0.39 is 36.4 Å². The molecule has 1 aliphatic rings. The number of carboxylic acid groups (broad SMARTS) is 1. The highest BCUT2D eigenvalue weighted by Gasteiger charge is 2.52. The van der Waals surface area contributed by atoms with Gasteiger partial charge in [0.25, 0.3) is 0 Å². The first-order valence-corrected chi connectivity index (χ1v) is 7.74. The van der Waals surface area contributed by atoms with Crippen LogP contribution in [-0.2, 0) is 9.59 Å². The molecule has 2 atom stereocenters. The molecular weight excluding hydrogens is 341 g/mol. The Kier molecular flexibility index (Phi) is 6.24. The van der Waals surface area contributed by atoms with Crippen LogP contribution in [0.2, 0.25) is 0 Å². The monoisotopic (exact) mass is 360 g/mol. The maximum Gasteiger partial charge on any atom is 0.393 e. The van der Waals surface area contributed by atoms with Crippen molar-refractivity contribution in [3.05, 3.63) is 30.3 Å². The van der Waals surface area contributed by atoms with Gasteiger partial charge in [-0.05, 0) is 12.1 Å². The number of nitrogens with zero attached hydrogens (tertiary/aromatic N) is 1. The molecule has 25 heavy (non-hydrogen) atoms. The number of halogens is 3. The quantitative estimate of drug-likeness (QED) is 0.718. The lowest BCUT2D eigenvalue weighted by molar-refractivity contribution is -0.188. The molecule has 1 aromatic rings. The molecule has 1 amide bonds. The summed E-state index contributed by atoms with van der Waals surface area (Å²) in [6.45, 7) is -0.644. The molecule has 2 rings (SSSR count). The van der Waals surface area contributed by atoms with Crippen LogP contribution in [0.25, 0.3) is 0 Å². The molecule has 1 fully saturated rings. The summed E-state index contributed by atoms with van der Waals surface area (Å²) in [4.78, 5) is 24.0. The van der Waals surface area contributed by atoms with Crippen LogP contribution in [0, 0.1) is 11.8 Å². The molecule has 0 unspecified atom stereocenters. The zero-order chi connectivity index (χ0) is 18.4. The predicted octanol–water partition coefficient (Wildman–Crippen LogP) is 1.38. The topological polar surface area (TPSA) is 78.9 Å². The molecular formula is C16H19F3N2O4. The van der Waals surface area contributed by atoms with E-state index in [1.807, 2.05) is 6.07 Å². The Morgan fingerprint density at radius 2 is 1.92 bits per heavy atom. The fourth-order valence-electron chi connectivity index (χ4n) is 2.73. The second kappa shape index (κ2) is 8.19. The summed E-state index contributed by atoms with van der Waals surface area (Å²) in [6.07, 6.45) is -4.60. The maximum atomic E-state index is 12.9. The van der Waals surface area contributed by atoms with Gasteiger partial charge in [0.2, 0.25) is 5.91 Å². The van der Waals surface area contributed by atoms with Crippen molar-refractivity contribution in [2.45, 2.75) is 6.18 Å². The lowest BCUT2D eigenvalue weighted by Gasteiger charge is -2.18. The van der Waals surface area contributed by atoms with Crippen LogP contribution in [0.4, 0.5) is 13.2 Å². The highest BCUT2D eigenvalue weighted by molar-refractivity contribution is 5.78. The SMILES string of the molecule is O=C(CN1C[C@@H](C(F)(F)F)[C@H](C(=O)O)C1)NCCOc1ccccc1. The average molecular weight is 360 g/mol. The lowest BCUT2D eigenvalue weighted by atomic mass is 9.96. The number of benzene rings is 1. The number of hydrogen-bond donors (Lipinski definition) is 2. The van der Waals surface area contributed by atoms with E-state index in [1.54, 1.807) is 24.3 Å². The summed E-state index contributed by atoms with van der Waals surface area (Å²) in [6, 6.07) is 8.96. The number of carboxylic acids is 1. The van der Waals surface area contributed by atoms with Crippen molar-refractivity contribution in [3.63, 3.8) is 0 Å². The van der Waals surface area contributed by atoms with Crippen molar-refractivity contribution in [2.75, 3.05) is 32.8 Å². The number of alkyl halides is 3. The molecule has 138 valence electrons. The van der Waals surface area contributed by atoms with Crippen molar-refractivity contribution in [2.24, 2.45) is 11.8 Å². The van der Waals surface area contributed by atoms with Crippen LogP contribution in [0.3, 0.4) is 0 Å². The molecule has 9 heteroatoms. The standard InChI is InChI=1S/C16H19F3N2O4/c17-16(18,19)13-9-21(8-12(13)15(23)24)10-14(22)20-6-7-25-11-4-2-1-3-5-11/h1-5,12-13H,6-10H2,(H,20,22)(H,23,24)/t12-,13-/m1/s1. The van der Waals surface area contributed by atoms with E-state index in [9.17, 15) is 22.8 Å². The minimum atomic E-state index is -4.60. The Morgan fingerprint density at radius 3 is 2.48 bits per heavy atom. The van der Waals surface area contributed by atoms with Gasteiger partial charge in [-0.25, -0.2) is 0 Å². The van der Waals surface area contributed by atoms with E-state index in [4.69, 9.17) is 9.84 Å². The van der Waals surface area contributed by atoms with Gasteiger partial charge in [-0.15, -0.1) is 0 Å². The zero-order valence-corrected chi connectivity index (χ0v) is 13.3. The first kappa shape index (κ1) is 19.0. The zero-order valence-electron chi connectivity index (χ0n) is 13.3. The first-order valence-electron chi connectivity index (χ1n) is 7.74. The number of carbonyl (C=O) groups excluding carboxylic acids is 1. The van der Waals surface area contributed by atoms with Gasteiger partial charge < -0.3 is 15.2 Å². The van der Waals surface area contributed by atoms with Gasteiger partial charge in [0, 0.05) is 13.1 Å². The molecule has 0 radical (unpaired) electrons. The second-order valence-corrected chi connectivity index (χ2v) is 5.80. The maximum absolute atomic E-state index is 12.9. The Bertz CT molecular complexity index is 595. The van der Waals surface area contributed by atoms with Crippen LogP contribution in [-0.4, -0.2) is 60.8 Å². The number of ether oxygens (including phenoxy) is 1. The summed E-state index contributed by atoms with van der Waals surface area (Å²) < 4.78 is 44.0. The van der Waals surface area contributed by atoms with E-state index in [-0.39, 0.29) is 26.2 Å². The van der Waals surface area contributed by atoms with Crippen LogP contribution < -0.4 is 10.1 Å². The van der Waals surface area contributed by atoms with Crippen LogP contribution >= 0.6 is 0 Å². The van der Waals surface area contributed by atoms with Crippen molar-refractivity contribution in [3.8, 4) is 5.75 Å². The van der Waals surface area contributed by atoms with Gasteiger partial charge in [-0.1, -0.05) is 18.2 Å².